The van der Waals surface area contributed by atoms with E-state index in [0.717, 1.165) is 19.6 Å². The highest BCUT2D eigenvalue weighted by Crippen LogP contribution is 2.41. The molecule has 9 nitrogen and oxygen atoms in total. The summed E-state index contributed by atoms with van der Waals surface area (Å²) < 4.78 is 21.8. The van der Waals surface area contributed by atoms with E-state index >= 15 is 0 Å². The molecule has 0 radical (unpaired) electrons. The van der Waals surface area contributed by atoms with Crippen LogP contribution in [0.5, 0.6) is 11.5 Å². The molecule has 1 aromatic heterocycles. The summed E-state index contributed by atoms with van der Waals surface area (Å²) in [5.74, 6) is 0.303. The molecule has 9 heteroatoms. The van der Waals surface area contributed by atoms with Crippen LogP contribution in [0, 0.1) is 6.92 Å². The van der Waals surface area contributed by atoms with Crippen LogP contribution in [0.3, 0.4) is 0 Å². The summed E-state index contributed by atoms with van der Waals surface area (Å²) in [4.78, 5) is 30.0. The van der Waals surface area contributed by atoms with E-state index in [0.29, 0.717) is 54.8 Å². The standard InChI is InChI=1S/C25H30N2O7/c1-16-5-7-19(34-16)22-21(23(28)17-6-8-18(31-2)20(15-17)32-3)24(29)25(30)27(22)10-4-9-26-11-13-33-14-12-26/h5-8,15,22,28H,4,9-14H2,1-3H3/t22-/m0/s1. The predicted molar refractivity (Wildman–Crippen MR) is 124 cm³/mol. The van der Waals surface area contributed by atoms with Crippen molar-refractivity contribution in [1.29, 1.82) is 0 Å². The molecule has 2 aliphatic heterocycles. The van der Waals surface area contributed by atoms with Crippen molar-refractivity contribution in [3.05, 3.63) is 53.0 Å². The highest BCUT2D eigenvalue weighted by molar-refractivity contribution is 6.46. The maximum atomic E-state index is 13.1. The number of ether oxygens (including phenoxy) is 3. The molecule has 3 heterocycles. The third-order valence-electron chi connectivity index (χ3n) is 6.20. The number of aliphatic hydroxyl groups excluding tert-OH is 1. The van der Waals surface area contributed by atoms with Gasteiger partial charge in [0.1, 0.15) is 23.3 Å². The molecule has 0 spiro atoms. The number of hydrogen-bond donors (Lipinski definition) is 1. The Balaban J connectivity index is 1.67. The van der Waals surface area contributed by atoms with Crippen LogP contribution in [-0.4, -0.2) is 80.2 Å². The third-order valence-corrected chi connectivity index (χ3v) is 6.20. The Labute approximate surface area is 198 Å². The average Bonchev–Trinajstić information content (AvgIpc) is 3.39. The van der Waals surface area contributed by atoms with Crippen LogP contribution in [0.25, 0.3) is 5.76 Å². The maximum absolute atomic E-state index is 13.1. The number of hydrogen-bond acceptors (Lipinski definition) is 8. The van der Waals surface area contributed by atoms with Gasteiger partial charge in [-0.05, 0) is 43.7 Å². The largest absolute Gasteiger partial charge is 0.507 e. The van der Waals surface area contributed by atoms with Gasteiger partial charge in [-0.3, -0.25) is 14.5 Å². The summed E-state index contributed by atoms with van der Waals surface area (Å²) in [6.45, 7) is 6.02. The number of amides is 1. The molecule has 0 unspecified atom stereocenters. The molecule has 0 saturated carbocycles. The quantitative estimate of drug-likeness (QED) is 0.357. The van der Waals surface area contributed by atoms with Gasteiger partial charge in [-0.2, -0.15) is 0 Å². The highest BCUT2D eigenvalue weighted by atomic mass is 16.5. The lowest BCUT2D eigenvalue weighted by Gasteiger charge is -2.28. The van der Waals surface area contributed by atoms with Crippen molar-refractivity contribution in [3.8, 4) is 11.5 Å². The lowest BCUT2D eigenvalue weighted by molar-refractivity contribution is -0.140. The third kappa shape index (κ3) is 4.67. The Morgan fingerprint density at radius 1 is 1.06 bits per heavy atom. The Morgan fingerprint density at radius 3 is 2.44 bits per heavy atom. The van der Waals surface area contributed by atoms with Gasteiger partial charge in [0.05, 0.1) is 33.0 Å². The minimum absolute atomic E-state index is 0.00191. The zero-order valence-corrected chi connectivity index (χ0v) is 19.7. The summed E-state index contributed by atoms with van der Waals surface area (Å²) in [6, 6.07) is 7.53. The van der Waals surface area contributed by atoms with Crippen molar-refractivity contribution in [2.24, 2.45) is 0 Å². The molecule has 2 aliphatic rings. The first-order chi connectivity index (χ1) is 16.4. The Hall–Kier alpha value is -3.30. The van der Waals surface area contributed by atoms with Crippen LogP contribution in [0.15, 0.2) is 40.3 Å². The summed E-state index contributed by atoms with van der Waals surface area (Å²) >= 11 is 0. The topological polar surface area (TPSA) is 102 Å². The molecular formula is C25H30N2O7. The van der Waals surface area contributed by atoms with Gasteiger partial charge in [0.25, 0.3) is 11.7 Å². The second-order valence-electron chi connectivity index (χ2n) is 8.32. The van der Waals surface area contributed by atoms with Crippen molar-refractivity contribution >= 4 is 17.4 Å². The van der Waals surface area contributed by atoms with Crippen LogP contribution in [0.1, 0.15) is 29.5 Å². The molecule has 2 aromatic rings. The van der Waals surface area contributed by atoms with Crippen molar-refractivity contribution < 1.29 is 33.3 Å². The Morgan fingerprint density at radius 2 is 1.79 bits per heavy atom. The number of Topliss-reactive ketones (excluding diaryl/α,β-unsaturated/α-hetero) is 1. The molecule has 0 aliphatic carbocycles. The van der Waals surface area contributed by atoms with E-state index < -0.39 is 17.7 Å². The second-order valence-corrected chi connectivity index (χ2v) is 8.32. The number of aliphatic hydroxyl groups is 1. The number of carbonyl (C=O) groups is 2. The molecule has 2 fully saturated rings. The number of methoxy groups -OCH3 is 2. The number of aryl methyl sites for hydroxylation is 1. The fourth-order valence-corrected chi connectivity index (χ4v) is 4.44. The zero-order chi connectivity index (χ0) is 24.2. The van der Waals surface area contributed by atoms with E-state index in [1.54, 1.807) is 37.3 Å². The maximum Gasteiger partial charge on any atom is 0.295 e. The van der Waals surface area contributed by atoms with E-state index in [-0.39, 0.29) is 11.3 Å². The van der Waals surface area contributed by atoms with Crippen LogP contribution in [-0.2, 0) is 14.3 Å². The van der Waals surface area contributed by atoms with Gasteiger partial charge >= 0.3 is 0 Å². The first-order valence-electron chi connectivity index (χ1n) is 11.3. The number of nitrogens with zero attached hydrogens (tertiary/aromatic N) is 2. The summed E-state index contributed by atoms with van der Waals surface area (Å²) in [7, 11) is 3.00. The number of furan rings is 1. The molecule has 1 aromatic carbocycles. The van der Waals surface area contributed by atoms with E-state index in [1.165, 1.54) is 19.1 Å². The molecular weight excluding hydrogens is 440 g/mol. The second kappa shape index (κ2) is 10.3. The van der Waals surface area contributed by atoms with Gasteiger partial charge in [0, 0.05) is 31.7 Å². The molecule has 0 bridgehead atoms. The van der Waals surface area contributed by atoms with Gasteiger partial charge in [0.2, 0.25) is 0 Å². The predicted octanol–water partition coefficient (Wildman–Crippen LogP) is 2.75. The number of ketones is 1. The van der Waals surface area contributed by atoms with Crippen LogP contribution in [0.2, 0.25) is 0 Å². The monoisotopic (exact) mass is 470 g/mol. The van der Waals surface area contributed by atoms with Crippen molar-refractivity contribution in [3.63, 3.8) is 0 Å². The zero-order valence-electron chi connectivity index (χ0n) is 19.7. The fourth-order valence-electron chi connectivity index (χ4n) is 4.44. The van der Waals surface area contributed by atoms with E-state index in [4.69, 9.17) is 18.6 Å². The average molecular weight is 471 g/mol. The van der Waals surface area contributed by atoms with Crippen LogP contribution in [0.4, 0.5) is 0 Å². The number of morpholine rings is 1. The van der Waals surface area contributed by atoms with E-state index in [2.05, 4.69) is 4.90 Å². The highest BCUT2D eigenvalue weighted by Gasteiger charge is 2.47. The first kappa shape index (κ1) is 23.8. The van der Waals surface area contributed by atoms with Gasteiger partial charge in [0.15, 0.2) is 11.5 Å². The number of carbonyl (C=O) groups excluding carboxylic acids is 2. The fraction of sp³-hybridized carbons (Fsp3) is 0.440. The van der Waals surface area contributed by atoms with Gasteiger partial charge in [-0.25, -0.2) is 0 Å². The number of likely N-dealkylation sites (tertiary alicyclic amines) is 1. The van der Waals surface area contributed by atoms with E-state index in [9.17, 15) is 14.7 Å². The van der Waals surface area contributed by atoms with Crippen molar-refractivity contribution in [1.82, 2.24) is 9.80 Å². The summed E-state index contributed by atoms with van der Waals surface area (Å²) in [5.41, 5.74) is 0.343. The van der Waals surface area contributed by atoms with Gasteiger partial charge in [-0.15, -0.1) is 0 Å². The van der Waals surface area contributed by atoms with Gasteiger partial charge < -0.3 is 28.6 Å². The van der Waals surface area contributed by atoms with Crippen LogP contribution < -0.4 is 9.47 Å². The lowest BCUT2D eigenvalue weighted by atomic mass is 9.99. The minimum atomic E-state index is -0.813. The summed E-state index contributed by atoms with van der Waals surface area (Å²) in [5, 5.41) is 11.2. The molecule has 2 saturated heterocycles. The molecule has 1 amide bonds. The number of rotatable bonds is 8. The SMILES string of the molecule is COc1ccc(C(O)=C2C(=O)C(=O)N(CCCN3CCOCC3)[C@H]2c2ccc(C)o2)cc1OC. The van der Waals surface area contributed by atoms with Crippen LogP contribution >= 0.6 is 0 Å². The summed E-state index contributed by atoms with van der Waals surface area (Å²) in [6.07, 6.45) is 0.680. The molecule has 182 valence electrons. The minimum Gasteiger partial charge on any atom is -0.507 e. The first-order valence-corrected chi connectivity index (χ1v) is 11.3. The molecule has 4 rings (SSSR count). The smallest absolute Gasteiger partial charge is 0.295 e. The number of benzene rings is 1. The normalized spacial score (nSPS) is 20.7. The molecule has 1 N–H and O–H groups in total. The molecule has 1 atom stereocenters. The Bertz CT molecular complexity index is 1080. The molecule has 34 heavy (non-hydrogen) atoms. The van der Waals surface area contributed by atoms with E-state index in [1.807, 2.05) is 0 Å². The van der Waals surface area contributed by atoms with Crippen molar-refractivity contribution in [2.75, 3.05) is 53.6 Å². The Kier molecular flexibility index (Phi) is 7.23. The van der Waals surface area contributed by atoms with Crippen molar-refractivity contribution in [2.45, 2.75) is 19.4 Å². The van der Waals surface area contributed by atoms with Gasteiger partial charge in [-0.1, -0.05) is 0 Å². The lowest BCUT2D eigenvalue weighted by Crippen LogP contribution is -2.38.